The van der Waals surface area contributed by atoms with Crippen molar-refractivity contribution in [1.29, 1.82) is 0 Å². The molecular weight excluding hydrogens is 491 g/mol. The Kier molecular flexibility index (Phi) is 9.17. The fourth-order valence-electron chi connectivity index (χ4n) is 4.35. The lowest BCUT2D eigenvalue weighted by Crippen LogP contribution is -2.57. The summed E-state index contributed by atoms with van der Waals surface area (Å²) in [7, 11) is 1.60. The first-order valence-electron chi connectivity index (χ1n) is 13.0. The van der Waals surface area contributed by atoms with Gasteiger partial charge in [-0.25, -0.2) is 4.39 Å². The topological polar surface area (TPSA) is 109 Å². The predicted molar refractivity (Wildman–Crippen MR) is 139 cm³/mol. The zero-order valence-electron chi connectivity index (χ0n) is 21.7. The molecule has 4 rings (SSSR count). The number of hydrogen-bond acceptors (Lipinski definition) is 6. The van der Waals surface area contributed by atoms with Gasteiger partial charge in [0.25, 0.3) is 0 Å². The molecule has 3 amide bonds. The highest BCUT2D eigenvalue weighted by Crippen LogP contribution is 2.33. The predicted octanol–water partition coefficient (Wildman–Crippen LogP) is 1.66. The number of benzene rings is 2. The van der Waals surface area contributed by atoms with Gasteiger partial charge in [0, 0.05) is 20.0 Å². The molecule has 1 aliphatic carbocycles. The number of nitrogens with one attached hydrogen (secondary N) is 3. The summed E-state index contributed by atoms with van der Waals surface area (Å²) in [5.41, 5.74) is 0.686. The number of halogens is 1. The van der Waals surface area contributed by atoms with Crippen LogP contribution in [0.1, 0.15) is 25.3 Å². The average Bonchev–Trinajstić information content (AvgIpc) is 3.76. The van der Waals surface area contributed by atoms with E-state index < -0.39 is 29.9 Å². The number of amides is 3. The average molecular weight is 527 g/mol. The Morgan fingerprint density at radius 1 is 0.921 bits per heavy atom. The zero-order chi connectivity index (χ0) is 27.1. The summed E-state index contributed by atoms with van der Waals surface area (Å²) in [5.74, 6) is -0.104. The molecule has 0 saturated heterocycles. The van der Waals surface area contributed by atoms with Gasteiger partial charge in [0.1, 0.15) is 31.1 Å². The van der Waals surface area contributed by atoms with Crippen LogP contribution >= 0.6 is 0 Å². The van der Waals surface area contributed by atoms with E-state index in [-0.39, 0.29) is 37.2 Å². The van der Waals surface area contributed by atoms with E-state index in [1.54, 1.807) is 38.2 Å². The van der Waals surface area contributed by atoms with Crippen molar-refractivity contribution in [3.05, 3.63) is 59.9 Å². The van der Waals surface area contributed by atoms with Crippen molar-refractivity contribution in [3.8, 4) is 11.5 Å². The molecule has 0 aromatic heterocycles. The van der Waals surface area contributed by atoms with Gasteiger partial charge in [0.2, 0.25) is 17.7 Å². The molecule has 1 saturated carbocycles. The van der Waals surface area contributed by atoms with Crippen molar-refractivity contribution in [1.82, 2.24) is 20.9 Å². The number of fused-ring (bicyclic) bond motifs is 1. The number of hydrogen-bond donors (Lipinski definition) is 3. The van der Waals surface area contributed by atoms with Crippen molar-refractivity contribution in [2.75, 3.05) is 33.4 Å². The number of rotatable bonds is 3. The minimum Gasteiger partial charge on any atom is -0.488 e. The van der Waals surface area contributed by atoms with Gasteiger partial charge in [0.15, 0.2) is 11.5 Å². The first kappa shape index (κ1) is 27.4. The number of para-hydroxylation sites is 2. The monoisotopic (exact) mass is 526 g/mol. The Morgan fingerprint density at radius 2 is 1.55 bits per heavy atom. The van der Waals surface area contributed by atoms with Gasteiger partial charge >= 0.3 is 0 Å². The second kappa shape index (κ2) is 12.7. The van der Waals surface area contributed by atoms with Crippen LogP contribution in [-0.2, 0) is 20.8 Å². The van der Waals surface area contributed by atoms with Gasteiger partial charge in [-0.15, -0.1) is 0 Å². The zero-order valence-corrected chi connectivity index (χ0v) is 21.7. The fraction of sp³-hybridized carbons (Fsp3) is 0.464. The van der Waals surface area contributed by atoms with Gasteiger partial charge in [-0.2, -0.15) is 0 Å². The molecule has 204 valence electrons. The van der Waals surface area contributed by atoms with Gasteiger partial charge in [-0.05, 0) is 55.5 Å². The van der Waals surface area contributed by atoms with Gasteiger partial charge in [-0.1, -0.05) is 24.3 Å². The molecule has 2 aromatic carbocycles. The molecule has 38 heavy (non-hydrogen) atoms. The normalized spacial score (nSPS) is 24.1. The molecule has 1 aliphatic heterocycles. The molecule has 9 nitrogen and oxygen atoms in total. The highest BCUT2D eigenvalue weighted by atomic mass is 19.1. The SMILES string of the molecule is C[C@@H]1C(=O)N[C@H](Cc2ccc(F)cc2)C(=O)NCCOc2ccccc2OCCN[C@@H](C2CC2)C(=O)N1C. The van der Waals surface area contributed by atoms with Gasteiger partial charge in [-0.3, -0.25) is 14.4 Å². The van der Waals surface area contributed by atoms with Crippen molar-refractivity contribution < 1.29 is 28.2 Å². The van der Waals surface area contributed by atoms with E-state index in [4.69, 9.17) is 9.47 Å². The minimum absolute atomic E-state index is 0.159. The molecule has 3 N–H and O–H groups in total. The summed E-state index contributed by atoms with van der Waals surface area (Å²) in [5, 5.41) is 8.89. The highest BCUT2D eigenvalue weighted by molar-refractivity contribution is 5.93. The number of ether oxygens (including phenoxy) is 2. The molecule has 0 spiro atoms. The smallest absolute Gasteiger partial charge is 0.243 e. The summed E-state index contributed by atoms with van der Waals surface area (Å²) in [6, 6.07) is 10.9. The standard InChI is InChI=1S/C28H35FN4O5/c1-18-26(34)32-22(17-19-7-11-21(29)12-8-19)27(35)31-14-16-38-24-6-4-3-5-23(24)37-15-13-30-25(20-9-10-20)28(36)33(18)2/h3-8,11-12,18,20,22,25,30H,9-10,13-17H2,1-2H3,(H,31,35)(H,32,34)/t18-,22-,25+/m1/s1. The largest absolute Gasteiger partial charge is 0.488 e. The summed E-state index contributed by atoms with van der Waals surface area (Å²) >= 11 is 0. The van der Waals surface area contributed by atoms with E-state index in [1.807, 2.05) is 12.1 Å². The van der Waals surface area contributed by atoms with E-state index in [2.05, 4.69) is 16.0 Å². The van der Waals surface area contributed by atoms with Gasteiger partial charge < -0.3 is 30.3 Å². The van der Waals surface area contributed by atoms with Crippen LogP contribution in [0.15, 0.2) is 48.5 Å². The van der Waals surface area contributed by atoms with E-state index in [0.29, 0.717) is 30.2 Å². The van der Waals surface area contributed by atoms with Crippen LogP contribution in [0.4, 0.5) is 4.39 Å². The third kappa shape index (κ3) is 7.22. The van der Waals surface area contributed by atoms with E-state index >= 15 is 0 Å². The Hall–Kier alpha value is -3.66. The maximum Gasteiger partial charge on any atom is 0.243 e. The Bertz CT molecular complexity index is 1120. The van der Waals surface area contributed by atoms with Crippen molar-refractivity contribution >= 4 is 17.7 Å². The first-order valence-corrected chi connectivity index (χ1v) is 13.0. The molecule has 0 radical (unpaired) electrons. The summed E-state index contributed by atoms with van der Waals surface area (Å²) in [6.07, 6.45) is 2.04. The number of carbonyl (C=O) groups excluding carboxylic acids is 3. The van der Waals surface area contributed by atoms with Crippen molar-refractivity contribution in [2.45, 2.75) is 44.3 Å². The van der Waals surface area contributed by atoms with Crippen LogP contribution in [0, 0.1) is 11.7 Å². The van der Waals surface area contributed by atoms with E-state index in [1.165, 1.54) is 17.0 Å². The molecule has 0 bridgehead atoms. The number of carbonyl (C=O) groups is 3. The third-order valence-corrected chi connectivity index (χ3v) is 6.89. The van der Waals surface area contributed by atoms with Crippen LogP contribution in [0.2, 0.25) is 0 Å². The van der Waals surface area contributed by atoms with E-state index in [0.717, 1.165) is 12.8 Å². The second-order valence-corrected chi connectivity index (χ2v) is 9.72. The molecule has 1 fully saturated rings. The maximum absolute atomic E-state index is 13.4. The lowest BCUT2D eigenvalue weighted by Gasteiger charge is -2.30. The molecule has 10 heteroatoms. The third-order valence-electron chi connectivity index (χ3n) is 6.89. The van der Waals surface area contributed by atoms with E-state index in [9.17, 15) is 18.8 Å². The van der Waals surface area contributed by atoms with Gasteiger partial charge in [0.05, 0.1) is 12.6 Å². The number of likely N-dealkylation sites (N-methyl/N-ethyl adjacent to an activating group) is 1. The minimum atomic E-state index is -0.925. The first-order chi connectivity index (χ1) is 18.3. The summed E-state index contributed by atoms with van der Waals surface area (Å²) in [6.45, 7) is 2.81. The Morgan fingerprint density at radius 3 is 2.18 bits per heavy atom. The summed E-state index contributed by atoms with van der Waals surface area (Å²) in [4.78, 5) is 41.1. The van der Waals surface area contributed by atoms with Crippen LogP contribution < -0.4 is 25.4 Å². The Labute approximate surface area is 222 Å². The van der Waals surface area contributed by atoms with Crippen LogP contribution in [0.3, 0.4) is 0 Å². The maximum atomic E-state index is 13.4. The lowest BCUT2D eigenvalue weighted by molar-refractivity contribution is -0.141. The highest BCUT2D eigenvalue weighted by Gasteiger charge is 2.39. The molecular formula is C28H35FN4O5. The quantitative estimate of drug-likeness (QED) is 0.562. The summed E-state index contributed by atoms with van der Waals surface area (Å²) < 4.78 is 25.1. The molecule has 2 aliphatic rings. The van der Waals surface area contributed by atoms with Crippen molar-refractivity contribution in [3.63, 3.8) is 0 Å². The molecule has 3 atom stereocenters. The molecule has 1 heterocycles. The van der Waals surface area contributed by atoms with Crippen molar-refractivity contribution in [2.24, 2.45) is 5.92 Å². The van der Waals surface area contributed by atoms with Crippen LogP contribution in [-0.4, -0.2) is 74.1 Å². The lowest BCUT2D eigenvalue weighted by atomic mass is 10.0. The molecule has 0 unspecified atom stereocenters. The van der Waals surface area contributed by atoms with Crippen LogP contribution in [0.5, 0.6) is 11.5 Å². The Balaban J connectivity index is 1.54. The van der Waals surface area contributed by atoms with Crippen LogP contribution in [0.25, 0.3) is 0 Å². The molecule has 2 aromatic rings. The number of nitrogens with zero attached hydrogens (tertiary/aromatic N) is 1. The fourth-order valence-corrected chi connectivity index (χ4v) is 4.35. The second-order valence-electron chi connectivity index (χ2n) is 9.72.